The van der Waals surface area contributed by atoms with Crippen LogP contribution in [0.2, 0.25) is 0 Å². The number of pyridine rings is 1. The normalized spacial score (nSPS) is 12.0. The fourth-order valence-electron chi connectivity index (χ4n) is 2.78. The lowest BCUT2D eigenvalue weighted by atomic mass is 10.0. The summed E-state index contributed by atoms with van der Waals surface area (Å²) in [6.45, 7) is -0.0366. The third-order valence-electron chi connectivity index (χ3n) is 4.12. The van der Waals surface area contributed by atoms with E-state index in [1.54, 1.807) is 13.3 Å². The Morgan fingerprint density at radius 3 is 2.88 bits per heavy atom. The minimum absolute atomic E-state index is 0.0366. The molecule has 26 heavy (non-hydrogen) atoms. The number of nitrogens with one attached hydrogen (secondary N) is 1. The minimum atomic E-state index is -0.319. The SMILES string of the molecule is COc1cccc(C(CCO)NC(=O)c2cnc3ccc(Br)cc3c2)c1. The molecule has 0 aliphatic heterocycles. The van der Waals surface area contributed by atoms with Crippen LogP contribution in [0.25, 0.3) is 10.9 Å². The summed E-state index contributed by atoms with van der Waals surface area (Å²) in [6, 6.07) is 14.7. The summed E-state index contributed by atoms with van der Waals surface area (Å²) < 4.78 is 6.17. The van der Waals surface area contributed by atoms with Gasteiger partial charge in [-0.3, -0.25) is 9.78 Å². The maximum atomic E-state index is 12.7. The Balaban J connectivity index is 1.85. The zero-order valence-electron chi connectivity index (χ0n) is 14.3. The van der Waals surface area contributed by atoms with Crippen molar-refractivity contribution in [3.63, 3.8) is 0 Å². The number of rotatable bonds is 6. The van der Waals surface area contributed by atoms with Gasteiger partial charge in [0, 0.05) is 22.7 Å². The van der Waals surface area contributed by atoms with Crippen molar-refractivity contribution in [3.05, 3.63) is 70.3 Å². The second kappa shape index (κ2) is 8.29. The molecule has 3 aromatic rings. The molecule has 0 radical (unpaired) electrons. The number of aromatic nitrogens is 1. The van der Waals surface area contributed by atoms with E-state index in [9.17, 15) is 9.90 Å². The highest BCUT2D eigenvalue weighted by Gasteiger charge is 2.17. The van der Waals surface area contributed by atoms with Crippen LogP contribution in [0.3, 0.4) is 0 Å². The molecule has 1 heterocycles. The van der Waals surface area contributed by atoms with Crippen molar-refractivity contribution in [1.29, 1.82) is 0 Å². The van der Waals surface area contributed by atoms with Crippen molar-refractivity contribution in [2.24, 2.45) is 0 Å². The highest BCUT2D eigenvalue weighted by molar-refractivity contribution is 9.10. The van der Waals surface area contributed by atoms with Crippen molar-refractivity contribution in [2.45, 2.75) is 12.5 Å². The van der Waals surface area contributed by atoms with Crippen LogP contribution in [0.1, 0.15) is 28.4 Å². The standard InChI is InChI=1S/C20H19BrN2O3/c1-26-17-4-2-3-13(11-17)19(7-8-24)23-20(25)15-9-14-10-16(21)5-6-18(14)22-12-15/h2-6,9-12,19,24H,7-8H2,1H3,(H,23,25). The van der Waals surface area contributed by atoms with Crippen LogP contribution < -0.4 is 10.1 Å². The van der Waals surface area contributed by atoms with Gasteiger partial charge in [-0.25, -0.2) is 0 Å². The second-order valence-electron chi connectivity index (χ2n) is 5.88. The van der Waals surface area contributed by atoms with E-state index in [1.807, 2.05) is 48.5 Å². The first kappa shape index (κ1) is 18.4. The number of aliphatic hydroxyl groups excluding tert-OH is 1. The highest BCUT2D eigenvalue weighted by atomic mass is 79.9. The van der Waals surface area contributed by atoms with Gasteiger partial charge in [0.2, 0.25) is 0 Å². The monoisotopic (exact) mass is 414 g/mol. The Bertz CT molecular complexity index is 930. The number of nitrogens with zero attached hydrogens (tertiary/aromatic N) is 1. The van der Waals surface area contributed by atoms with E-state index in [2.05, 4.69) is 26.2 Å². The van der Waals surface area contributed by atoms with Crippen molar-refractivity contribution in [1.82, 2.24) is 10.3 Å². The number of hydrogen-bond acceptors (Lipinski definition) is 4. The van der Waals surface area contributed by atoms with Crippen LogP contribution in [0.15, 0.2) is 59.2 Å². The van der Waals surface area contributed by atoms with Crippen LogP contribution >= 0.6 is 15.9 Å². The van der Waals surface area contributed by atoms with Gasteiger partial charge < -0.3 is 15.2 Å². The number of carbonyl (C=O) groups excluding carboxylic acids is 1. The summed E-state index contributed by atoms with van der Waals surface area (Å²) >= 11 is 3.43. The van der Waals surface area contributed by atoms with Gasteiger partial charge in [0.05, 0.1) is 24.2 Å². The van der Waals surface area contributed by atoms with E-state index in [0.29, 0.717) is 17.7 Å². The Kier molecular flexibility index (Phi) is 5.85. The topological polar surface area (TPSA) is 71.5 Å². The molecule has 0 aliphatic carbocycles. The van der Waals surface area contributed by atoms with Crippen LogP contribution in [0.4, 0.5) is 0 Å². The molecular weight excluding hydrogens is 396 g/mol. The summed E-state index contributed by atoms with van der Waals surface area (Å²) in [7, 11) is 1.59. The highest BCUT2D eigenvalue weighted by Crippen LogP contribution is 2.23. The van der Waals surface area contributed by atoms with Crippen molar-refractivity contribution >= 4 is 32.7 Å². The third-order valence-corrected chi connectivity index (χ3v) is 4.62. The van der Waals surface area contributed by atoms with E-state index in [1.165, 1.54) is 0 Å². The maximum Gasteiger partial charge on any atom is 0.253 e. The Labute approximate surface area is 160 Å². The van der Waals surface area contributed by atoms with E-state index < -0.39 is 0 Å². The molecule has 3 rings (SSSR count). The predicted molar refractivity (Wildman–Crippen MR) is 104 cm³/mol. The second-order valence-corrected chi connectivity index (χ2v) is 6.79. The molecule has 0 spiro atoms. The summed E-state index contributed by atoms with van der Waals surface area (Å²) in [5.41, 5.74) is 2.18. The molecule has 1 atom stereocenters. The van der Waals surface area contributed by atoms with Crippen molar-refractivity contribution in [2.75, 3.05) is 13.7 Å². The van der Waals surface area contributed by atoms with Gasteiger partial charge in [-0.15, -0.1) is 0 Å². The lowest BCUT2D eigenvalue weighted by Gasteiger charge is -2.19. The van der Waals surface area contributed by atoms with Gasteiger partial charge in [0.25, 0.3) is 5.91 Å². The number of hydrogen-bond donors (Lipinski definition) is 2. The summed E-state index contributed by atoms with van der Waals surface area (Å²) in [6.07, 6.45) is 1.97. The molecule has 1 amide bonds. The lowest BCUT2D eigenvalue weighted by molar-refractivity contribution is 0.0929. The maximum absolute atomic E-state index is 12.7. The van der Waals surface area contributed by atoms with Crippen LogP contribution in [-0.4, -0.2) is 29.7 Å². The average molecular weight is 415 g/mol. The molecule has 0 saturated heterocycles. The smallest absolute Gasteiger partial charge is 0.253 e. The van der Waals surface area contributed by atoms with Gasteiger partial charge in [-0.1, -0.05) is 28.1 Å². The number of fused-ring (bicyclic) bond motifs is 1. The number of ether oxygens (including phenoxy) is 1. The number of aliphatic hydroxyl groups is 1. The summed E-state index contributed by atoms with van der Waals surface area (Å²) in [5.74, 6) is 0.470. The van der Waals surface area contributed by atoms with Crippen molar-refractivity contribution in [3.8, 4) is 5.75 Å². The lowest BCUT2D eigenvalue weighted by Crippen LogP contribution is -2.29. The fourth-order valence-corrected chi connectivity index (χ4v) is 3.16. The Morgan fingerprint density at radius 2 is 2.12 bits per heavy atom. The quantitative estimate of drug-likeness (QED) is 0.642. The van der Waals surface area contributed by atoms with Gasteiger partial charge >= 0.3 is 0 Å². The van der Waals surface area contributed by atoms with E-state index >= 15 is 0 Å². The molecule has 1 aromatic heterocycles. The van der Waals surface area contributed by atoms with E-state index in [4.69, 9.17) is 4.74 Å². The number of methoxy groups -OCH3 is 1. The number of halogens is 1. The first-order valence-corrected chi connectivity index (χ1v) is 9.01. The minimum Gasteiger partial charge on any atom is -0.497 e. The van der Waals surface area contributed by atoms with Crippen LogP contribution in [0, 0.1) is 0 Å². The van der Waals surface area contributed by atoms with Crippen LogP contribution in [0.5, 0.6) is 5.75 Å². The number of amides is 1. The summed E-state index contributed by atoms with van der Waals surface area (Å²) in [5, 5.41) is 13.2. The van der Waals surface area contributed by atoms with Crippen molar-refractivity contribution < 1.29 is 14.6 Å². The first-order chi connectivity index (χ1) is 12.6. The summed E-state index contributed by atoms with van der Waals surface area (Å²) in [4.78, 5) is 17.1. The molecule has 134 valence electrons. The predicted octanol–water partition coefficient (Wildman–Crippen LogP) is 3.86. The molecule has 5 nitrogen and oxygen atoms in total. The molecular formula is C20H19BrN2O3. The Morgan fingerprint density at radius 1 is 1.27 bits per heavy atom. The molecule has 0 aliphatic rings. The van der Waals surface area contributed by atoms with Gasteiger partial charge in [-0.05, 0) is 48.4 Å². The van der Waals surface area contributed by atoms with Gasteiger partial charge in [-0.2, -0.15) is 0 Å². The number of benzene rings is 2. The average Bonchev–Trinajstić information content (AvgIpc) is 2.67. The third kappa shape index (κ3) is 4.20. The van der Waals surface area contributed by atoms with Crippen LogP contribution in [-0.2, 0) is 0 Å². The molecule has 6 heteroatoms. The van der Waals surface area contributed by atoms with E-state index in [-0.39, 0.29) is 18.6 Å². The number of carbonyl (C=O) groups is 1. The Hall–Kier alpha value is -2.44. The molecule has 0 fully saturated rings. The fraction of sp³-hybridized carbons (Fsp3) is 0.200. The van der Waals surface area contributed by atoms with Gasteiger partial charge in [0.1, 0.15) is 5.75 Å². The molecule has 2 N–H and O–H groups in total. The zero-order valence-corrected chi connectivity index (χ0v) is 15.9. The zero-order chi connectivity index (χ0) is 18.5. The molecule has 0 bridgehead atoms. The van der Waals surface area contributed by atoms with Gasteiger partial charge in [0.15, 0.2) is 0 Å². The first-order valence-electron chi connectivity index (χ1n) is 8.21. The largest absolute Gasteiger partial charge is 0.497 e. The van der Waals surface area contributed by atoms with E-state index in [0.717, 1.165) is 20.9 Å². The molecule has 1 unspecified atom stereocenters. The molecule has 0 saturated carbocycles. The molecule has 2 aromatic carbocycles.